The Morgan fingerprint density at radius 2 is 1.60 bits per heavy atom. The minimum atomic E-state index is -3.39. The maximum atomic E-state index is 11.5. The van der Waals surface area contributed by atoms with Gasteiger partial charge in [-0.2, -0.15) is 0 Å². The van der Waals surface area contributed by atoms with Gasteiger partial charge in [0.2, 0.25) is 10.0 Å². The van der Waals surface area contributed by atoms with E-state index in [1.807, 2.05) is 6.07 Å². The van der Waals surface area contributed by atoms with Crippen LogP contribution in [0, 0.1) is 0 Å². The van der Waals surface area contributed by atoms with Crippen molar-refractivity contribution in [3.05, 3.63) is 66.7 Å². The van der Waals surface area contributed by atoms with Crippen molar-refractivity contribution in [3.8, 4) is 22.5 Å². The third kappa shape index (κ3) is 4.21. The number of furan rings is 1. The van der Waals surface area contributed by atoms with E-state index >= 15 is 0 Å². The molecule has 0 amide bonds. The molecule has 0 saturated heterocycles. The Bertz CT molecular complexity index is 1320. The van der Waals surface area contributed by atoms with Gasteiger partial charge >= 0.3 is 0 Å². The smallest absolute Gasteiger partial charge is 0.229 e. The third-order valence-corrected chi connectivity index (χ3v) is 5.42. The van der Waals surface area contributed by atoms with Gasteiger partial charge in [-0.15, -0.1) is 0 Å². The first-order chi connectivity index (χ1) is 14.1. The lowest BCUT2D eigenvalue weighted by Crippen LogP contribution is -2.10. The first-order valence-electron chi connectivity index (χ1n) is 9.52. The van der Waals surface area contributed by atoms with Crippen molar-refractivity contribution < 1.29 is 12.8 Å². The lowest BCUT2D eigenvalue weighted by Gasteiger charge is -2.19. The molecule has 4 aromatic rings. The van der Waals surface area contributed by atoms with Gasteiger partial charge in [-0.25, -0.2) is 8.42 Å². The maximum Gasteiger partial charge on any atom is 0.229 e. The zero-order valence-electron chi connectivity index (χ0n) is 17.3. The summed E-state index contributed by atoms with van der Waals surface area (Å²) in [4.78, 5) is 8.49. The summed E-state index contributed by atoms with van der Waals surface area (Å²) < 4.78 is 31.6. The van der Waals surface area contributed by atoms with E-state index in [-0.39, 0.29) is 5.41 Å². The topological polar surface area (TPSA) is 85.1 Å². The first-order valence-corrected chi connectivity index (χ1v) is 11.4. The highest BCUT2D eigenvalue weighted by Gasteiger charge is 2.16. The number of rotatable bonds is 4. The highest BCUT2D eigenvalue weighted by atomic mass is 32.2. The van der Waals surface area contributed by atoms with Crippen LogP contribution in [-0.2, 0) is 15.4 Å². The van der Waals surface area contributed by atoms with Crippen LogP contribution in [0.4, 0.5) is 5.69 Å². The predicted octanol–water partition coefficient (Wildman–Crippen LogP) is 5.23. The van der Waals surface area contributed by atoms with Crippen LogP contribution in [0.15, 0.2) is 65.6 Å². The highest BCUT2D eigenvalue weighted by molar-refractivity contribution is 7.92. The number of hydrogen-bond acceptors (Lipinski definition) is 5. The van der Waals surface area contributed by atoms with Crippen molar-refractivity contribution in [1.29, 1.82) is 0 Å². The summed E-state index contributed by atoms with van der Waals surface area (Å²) in [6, 6.07) is 12.0. The number of fused-ring (bicyclic) bond motifs is 1. The molecule has 0 aliphatic heterocycles. The molecule has 0 unspecified atom stereocenters. The fourth-order valence-electron chi connectivity index (χ4n) is 3.30. The Morgan fingerprint density at radius 3 is 2.27 bits per heavy atom. The van der Waals surface area contributed by atoms with Crippen LogP contribution in [0.3, 0.4) is 0 Å². The molecule has 1 aromatic carbocycles. The Morgan fingerprint density at radius 1 is 0.900 bits per heavy atom. The van der Waals surface area contributed by atoms with Gasteiger partial charge in [0.05, 0.1) is 18.1 Å². The zero-order valence-corrected chi connectivity index (χ0v) is 18.1. The van der Waals surface area contributed by atoms with Gasteiger partial charge in [0.25, 0.3) is 0 Å². The first kappa shape index (κ1) is 20.1. The molecule has 30 heavy (non-hydrogen) atoms. The number of aromatic nitrogens is 2. The Balaban J connectivity index is 1.75. The molecule has 3 aromatic heterocycles. The zero-order chi connectivity index (χ0) is 21.5. The average molecular weight is 422 g/mol. The normalized spacial score (nSPS) is 12.3. The van der Waals surface area contributed by atoms with Crippen LogP contribution in [0.1, 0.15) is 26.3 Å². The molecule has 3 heterocycles. The van der Waals surface area contributed by atoms with E-state index in [0.29, 0.717) is 17.0 Å². The van der Waals surface area contributed by atoms with Crippen molar-refractivity contribution in [2.75, 3.05) is 11.0 Å². The van der Waals surface area contributed by atoms with E-state index in [0.717, 1.165) is 28.4 Å². The molecular formula is C23H23N3O3S. The minimum absolute atomic E-state index is 0.0820. The number of nitrogens with zero attached hydrogens (tertiary/aromatic N) is 2. The molecule has 6 nitrogen and oxygen atoms in total. The number of anilines is 1. The summed E-state index contributed by atoms with van der Waals surface area (Å²) in [5, 5.41) is 0.865. The van der Waals surface area contributed by atoms with Crippen molar-refractivity contribution >= 4 is 26.7 Å². The van der Waals surface area contributed by atoms with Crippen LogP contribution >= 0.6 is 0 Å². The van der Waals surface area contributed by atoms with Crippen molar-refractivity contribution in [2.24, 2.45) is 0 Å². The van der Waals surface area contributed by atoms with E-state index in [1.165, 1.54) is 11.8 Å². The minimum Gasteiger partial charge on any atom is -0.455 e. The van der Waals surface area contributed by atoms with Gasteiger partial charge in [-0.3, -0.25) is 14.7 Å². The molecule has 0 saturated carbocycles. The summed E-state index contributed by atoms with van der Waals surface area (Å²) in [6.45, 7) is 6.55. The second-order valence-corrected chi connectivity index (χ2v) is 10.1. The predicted molar refractivity (Wildman–Crippen MR) is 120 cm³/mol. The molecule has 0 atom stereocenters. The third-order valence-electron chi connectivity index (χ3n) is 4.81. The SMILES string of the molecule is CC(C)(C)c1ccc(-c2cncc3cc(-c4cncc(NS(C)(=O)=O)c4)oc23)cc1. The molecule has 0 aliphatic rings. The van der Waals surface area contributed by atoms with E-state index in [9.17, 15) is 8.42 Å². The molecule has 0 spiro atoms. The molecule has 0 aliphatic carbocycles. The van der Waals surface area contributed by atoms with E-state index in [1.54, 1.807) is 24.7 Å². The van der Waals surface area contributed by atoms with Crippen LogP contribution in [0.2, 0.25) is 0 Å². The molecule has 154 valence electrons. The van der Waals surface area contributed by atoms with Crippen molar-refractivity contribution in [2.45, 2.75) is 26.2 Å². The quantitative estimate of drug-likeness (QED) is 0.488. The Labute approximate surface area is 176 Å². The van der Waals surface area contributed by atoms with Crippen molar-refractivity contribution in [3.63, 3.8) is 0 Å². The lowest BCUT2D eigenvalue weighted by molar-refractivity contribution is 0.590. The summed E-state index contributed by atoms with van der Waals surface area (Å²) in [5.41, 5.74) is 5.04. The number of hydrogen-bond donors (Lipinski definition) is 1. The Kier molecular flexibility index (Phi) is 4.86. The second-order valence-electron chi connectivity index (χ2n) is 8.38. The van der Waals surface area contributed by atoms with Gasteiger partial charge in [0, 0.05) is 35.1 Å². The Hall–Kier alpha value is -3.19. The van der Waals surface area contributed by atoms with Gasteiger partial charge in [-0.05, 0) is 28.7 Å². The van der Waals surface area contributed by atoms with Crippen LogP contribution in [-0.4, -0.2) is 24.6 Å². The van der Waals surface area contributed by atoms with E-state index < -0.39 is 10.0 Å². The fraction of sp³-hybridized carbons (Fsp3) is 0.217. The van der Waals surface area contributed by atoms with E-state index in [2.05, 4.69) is 59.7 Å². The monoisotopic (exact) mass is 421 g/mol. The highest BCUT2D eigenvalue weighted by Crippen LogP contribution is 2.35. The molecule has 7 heteroatoms. The van der Waals surface area contributed by atoms with Gasteiger partial charge in [-0.1, -0.05) is 45.0 Å². The summed E-state index contributed by atoms with van der Waals surface area (Å²) in [7, 11) is -3.39. The molecular weight excluding hydrogens is 398 g/mol. The van der Waals surface area contributed by atoms with Gasteiger partial charge in [0.1, 0.15) is 11.3 Å². The van der Waals surface area contributed by atoms with E-state index in [4.69, 9.17) is 4.42 Å². The largest absolute Gasteiger partial charge is 0.455 e. The molecule has 0 radical (unpaired) electrons. The van der Waals surface area contributed by atoms with Crippen LogP contribution in [0.5, 0.6) is 0 Å². The molecule has 4 rings (SSSR count). The second kappa shape index (κ2) is 7.25. The maximum absolute atomic E-state index is 11.5. The summed E-state index contributed by atoms with van der Waals surface area (Å²) >= 11 is 0. The summed E-state index contributed by atoms with van der Waals surface area (Å²) in [6.07, 6.45) is 7.74. The number of nitrogens with one attached hydrogen (secondary N) is 1. The van der Waals surface area contributed by atoms with Crippen LogP contribution < -0.4 is 4.72 Å². The number of benzene rings is 1. The lowest BCUT2D eigenvalue weighted by atomic mass is 9.86. The number of pyridine rings is 2. The standard InChI is InChI=1S/C23H23N3O3S/c1-23(2,3)18-7-5-15(6-8-18)20-14-25-12-17-10-21(29-22(17)20)16-9-19(13-24-11-16)26-30(4,27)28/h5-14,26H,1-4H3. The molecule has 0 bridgehead atoms. The van der Waals surface area contributed by atoms with Gasteiger partial charge < -0.3 is 4.42 Å². The van der Waals surface area contributed by atoms with Crippen LogP contribution in [0.25, 0.3) is 33.4 Å². The van der Waals surface area contributed by atoms with Gasteiger partial charge in [0.15, 0.2) is 0 Å². The number of sulfonamides is 1. The van der Waals surface area contributed by atoms with Crippen molar-refractivity contribution in [1.82, 2.24) is 9.97 Å². The fourth-order valence-corrected chi connectivity index (χ4v) is 3.84. The average Bonchev–Trinajstić information content (AvgIpc) is 3.11. The molecule has 0 fully saturated rings. The molecule has 1 N–H and O–H groups in total. The summed E-state index contributed by atoms with van der Waals surface area (Å²) in [5.74, 6) is 0.593.